The zero-order chi connectivity index (χ0) is 24.9. The van der Waals surface area contributed by atoms with E-state index in [9.17, 15) is 14.0 Å². The van der Waals surface area contributed by atoms with Crippen molar-refractivity contribution >= 4 is 28.7 Å². The number of H-pyrrole nitrogens is 1. The van der Waals surface area contributed by atoms with Gasteiger partial charge in [0.2, 0.25) is 5.91 Å². The smallest absolute Gasteiger partial charge is 0.278 e. The molecule has 2 heterocycles. The van der Waals surface area contributed by atoms with E-state index >= 15 is 0 Å². The predicted molar refractivity (Wildman–Crippen MR) is 140 cm³/mol. The van der Waals surface area contributed by atoms with Crippen molar-refractivity contribution in [3.8, 4) is 11.3 Å². The van der Waals surface area contributed by atoms with E-state index < -0.39 is 0 Å². The Morgan fingerprint density at radius 2 is 1.64 bits per heavy atom. The highest BCUT2D eigenvalue weighted by molar-refractivity contribution is 7.99. The van der Waals surface area contributed by atoms with Crippen LogP contribution in [0.1, 0.15) is 11.1 Å². The Kier molecular flexibility index (Phi) is 6.95. The molecular formula is C28H23FN4O2S. The molecule has 0 saturated carbocycles. The number of hydrogen-bond donors (Lipinski definition) is 2. The summed E-state index contributed by atoms with van der Waals surface area (Å²) in [6.45, 7) is 0.628. The van der Waals surface area contributed by atoms with Gasteiger partial charge in [0.1, 0.15) is 11.3 Å². The molecule has 0 aliphatic rings. The molecule has 0 spiro atoms. The van der Waals surface area contributed by atoms with Crippen molar-refractivity contribution in [2.75, 3.05) is 5.75 Å². The molecule has 8 heteroatoms. The fraction of sp³-hybridized carbons (Fsp3) is 0.107. The monoisotopic (exact) mass is 498 g/mol. The van der Waals surface area contributed by atoms with Crippen LogP contribution < -0.4 is 10.9 Å². The first-order valence-electron chi connectivity index (χ1n) is 11.4. The fourth-order valence-corrected chi connectivity index (χ4v) is 4.68. The zero-order valence-electron chi connectivity index (χ0n) is 19.3. The molecule has 1 amide bonds. The molecule has 6 nitrogen and oxygen atoms in total. The molecule has 3 aromatic carbocycles. The summed E-state index contributed by atoms with van der Waals surface area (Å²) in [4.78, 5) is 34.0. The number of carbonyl (C=O) groups excluding carboxylic acids is 1. The number of aromatic amines is 1. The summed E-state index contributed by atoms with van der Waals surface area (Å²) in [5.41, 5.74) is 4.31. The number of aromatic nitrogens is 3. The van der Waals surface area contributed by atoms with Crippen molar-refractivity contribution in [2.24, 2.45) is 0 Å². The van der Waals surface area contributed by atoms with E-state index in [4.69, 9.17) is 4.98 Å². The predicted octanol–water partition coefficient (Wildman–Crippen LogP) is 4.99. The highest BCUT2D eigenvalue weighted by atomic mass is 32.2. The second-order valence-electron chi connectivity index (χ2n) is 8.27. The number of benzene rings is 3. The van der Waals surface area contributed by atoms with Gasteiger partial charge >= 0.3 is 0 Å². The van der Waals surface area contributed by atoms with Crippen LogP contribution in [0.4, 0.5) is 4.39 Å². The first-order valence-corrected chi connectivity index (χ1v) is 12.4. The normalized spacial score (nSPS) is 11.0. The summed E-state index contributed by atoms with van der Waals surface area (Å²) in [6, 6.07) is 27.2. The van der Waals surface area contributed by atoms with Gasteiger partial charge in [-0.3, -0.25) is 14.2 Å². The van der Waals surface area contributed by atoms with Crippen LogP contribution in [-0.4, -0.2) is 26.2 Å². The van der Waals surface area contributed by atoms with Crippen molar-refractivity contribution in [3.63, 3.8) is 0 Å². The second kappa shape index (κ2) is 10.6. The van der Waals surface area contributed by atoms with E-state index in [1.165, 1.54) is 23.9 Å². The number of fused-ring (bicyclic) bond motifs is 1. The van der Waals surface area contributed by atoms with Gasteiger partial charge in [-0.1, -0.05) is 84.6 Å². The zero-order valence-corrected chi connectivity index (χ0v) is 20.1. The first kappa shape index (κ1) is 23.6. The molecule has 0 bridgehead atoms. The van der Waals surface area contributed by atoms with Crippen LogP contribution in [-0.2, 0) is 17.9 Å². The van der Waals surface area contributed by atoms with Gasteiger partial charge in [0.15, 0.2) is 5.16 Å². The van der Waals surface area contributed by atoms with Gasteiger partial charge in [-0.15, -0.1) is 0 Å². The van der Waals surface area contributed by atoms with Gasteiger partial charge in [0, 0.05) is 12.2 Å². The summed E-state index contributed by atoms with van der Waals surface area (Å²) >= 11 is 1.21. The maximum Gasteiger partial charge on any atom is 0.278 e. The van der Waals surface area contributed by atoms with Crippen LogP contribution in [0.3, 0.4) is 0 Å². The SMILES string of the molecule is O=C(CSc1nc2cc(-c3ccccc3)[nH]c2c(=O)n1Cc1ccccc1)NCc1ccc(F)cc1. The molecule has 5 rings (SSSR count). The molecule has 0 atom stereocenters. The average molecular weight is 499 g/mol. The van der Waals surface area contributed by atoms with Crippen LogP contribution in [0, 0.1) is 5.82 Å². The van der Waals surface area contributed by atoms with Gasteiger partial charge < -0.3 is 10.3 Å². The van der Waals surface area contributed by atoms with Crippen molar-refractivity contribution in [2.45, 2.75) is 18.2 Å². The van der Waals surface area contributed by atoms with Crippen LogP contribution >= 0.6 is 11.8 Å². The van der Waals surface area contributed by atoms with Gasteiger partial charge in [-0.25, -0.2) is 9.37 Å². The van der Waals surface area contributed by atoms with Gasteiger partial charge in [0.05, 0.1) is 17.8 Å². The topological polar surface area (TPSA) is 79.8 Å². The minimum absolute atomic E-state index is 0.0872. The maximum atomic E-state index is 13.5. The lowest BCUT2D eigenvalue weighted by Crippen LogP contribution is -2.27. The molecule has 36 heavy (non-hydrogen) atoms. The molecule has 0 unspecified atom stereocenters. The molecular weight excluding hydrogens is 475 g/mol. The van der Waals surface area contributed by atoms with E-state index in [2.05, 4.69) is 10.3 Å². The average Bonchev–Trinajstić information content (AvgIpc) is 3.35. The Morgan fingerprint density at radius 1 is 0.944 bits per heavy atom. The highest BCUT2D eigenvalue weighted by Gasteiger charge is 2.16. The molecule has 5 aromatic rings. The van der Waals surface area contributed by atoms with E-state index in [-0.39, 0.29) is 23.0 Å². The fourth-order valence-electron chi connectivity index (χ4n) is 3.85. The van der Waals surface area contributed by atoms with Crippen molar-refractivity contribution in [3.05, 3.63) is 118 Å². The van der Waals surface area contributed by atoms with E-state index in [0.717, 1.165) is 22.4 Å². The number of thioether (sulfide) groups is 1. The van der Waals surface area contributed by atoms with Gasteiger partial charge in [-0.05, 0) is 34.9 Å². The second-order valence-corrected chi connectivity index (χ2v) is 9.21. The quantitative estimate of drug-likeness (QED) is 0.233. The molecule has 0 radical (unpaired) electrons. The van der Waals surface area contributed by atoms with Crippen molar-refractivity contribution in [1.82, 2.24) is 19.9 Å². The Hall–Kier alpha value is -4.17. The van der Waals surface area contributed by atoms with E-state index in [1.54, 1.807) is 16.7 Å². The Balaban J connectivity index is 1.41. The number of nitrogens with one attached hydrogen (secondary N) is 2. The molecule has 0 aliphatic carbocycles. The standard InChI is InChI=1S/C28H23FN4O2S/c29-22-13-11-19(12-14-22)16-30-25(34)18-36-28-32-24-15-23(21-9-5-2-6-10-21)31-26(24)27(35)33(28)17-20-7-3-1-4-8-20/h1-15,31H,16-18H2,(H,30,34). The molecule has 0 fully saturated rings. The molecule has 180 valence electrons. The molecule has 0 aliphatic heterocycles. The highest BCUT2D eigenvalue weighted by Crippen LogP contribution is 2.24. The van der Waals surface area contributed by atoms with Gasteiger partial charge in [0.25, 0.3) is 5.56 Å². The van der Waals surface area contributed by atoms with Crippen LogP contribution in [0.15, 0.2) is 101 Å². The minimum atomic E-state index is -0.321. The lowest BCUT2D eigenvalue weighted by atomic mass is 10.2. The summed E-state index contributed by atoms with van der Waals surface area (Å²) in [5, 5.41) is 3.30. The summed E-state index contributed by atoms with van der Waals surface area (Å²) in [5.74, 6) is -0.438. The number of hydrogen-bond acceptors (Lipinski definition) is 4. The molecule has 0 saturated heterocycles. The number of rotatable bonds is 8. The molecule has 2 N–H and O–H groups in total. The van der Waals surface area contributed by atoms with Crippen LogP contribution in [0.25, 0.3) is 22.3 Å². The Labute approximate surface area is 211 Å². The molecule has 2 aromatic heterocycles. The summed E-state index contributed by atoms with van der Waals surface area (Å²) in [6.07, 6.45) is 0. The third-order valence-corrected chi connectivity index (χ3v) is 6.68. The number of amides is 1. The first-order chi connectivity index (χ1) is 17.6. The Morgan fingerprint density at radius 3 is 2.36 bits per heavy atom. The lowest BCUT2D eigenvalue weighted by molar-refractivity contribution is -0.118. The van der Waals surface area contributed by atoms with Crippen LogP contribution in [0.2, 0.25) is 0 Å². The third-order valence-electron chi connectivity index (χ3n) is 5.71. The number of nitrogens with zero attached hydrogens (tertiary/aromatic N) is 2. The van der Waals surface area contributed by atoms with E-state index in [1.807, 2.05) is 66.7 Å². The number of halogens is 1. The van der Waals surface area contributed by atoms with Crippen LogP contribution in [0.5, 0.6) is 0 Å². The third kappa shape index (κ3) is 5.39. The van der Waals surface area contributed by atoms with E-state index in [0.29, 0.717) is 29.3 Å². The summed E-state index contributed by atoms with van der Waals surface area (Å²) in [7, 11) is 0. The maximum absolute atomic E-state index is 13.5. The van der Waals surface area contributed by atoms with Crippen molar-refractivity contribution in [1.29, 1.82) is 0 Å². The van der Waals surface area contributed by atoms with Gasteiger partial charge in [-0.2, -0.15) is 0 Å². The minimum Gasteiger partial charge on any atom is -0.351 e. The van der Waals surface area contributed by atoms with Crippen molar-refractivity contribution < 1.29 is 9.18 Å². The Bertz CT molecular complexity index is 1550. The largest absolute Gasteiger partial charge is 0.351 e. The summed E-state index contributed by atoms with van der Waals surface area (Å²) < 4.78 is 14.7. The number of carbonyl (C=O) groups is 1. The lowest BCUT2D eigenvalue weighted by Gasteiger charge is -2.12.